The molecule has 1 aromatic heterocycles. The van der Waals surface area contributed by atoms with Crippen LogP contribution < -0.4 is 14.2 Å². The third kappa shape index (κ3) is 3.79. The van der Waals surface area contributed by atoms with Crippen molar-refractivity contribution in [2.45, 2.75) is 18.7 Å². The summed E-state index contributed by atoms with van der Waals surface area (Å²) in [6.45, 7) is 3.67. The molecule has 148 valence electrons. The van der Waals surface area contributed by atoms with Crippen LogP contribution in [-0.4, -0.2) is 27.8 Å². The highest BCUT2D eigenvalue weighted by atomic mass is 35.5. The lowest BCUT2D eigenvalue weighted by Crippen LogP contribution is -2.15. The first-order valence-corrected chi connectivity index (χ1v) is 10.1. The summed E-state index contributed by atoms with van der Waals surface area (Å²) in [5, 5.41) is 4.29. The smallest absolute Gasteiger partial charge is 0.265 e. The summed E-state index contributed by atoms with van der Waals surface area (Å²) in [7, 11) is -1.18. The number of ether oxygens (including phenoxy) is 2. The van der Waals surface area contributed by atoms with Gasteiger partial charge in [-0.25, -0.2) is 8.42 Å². The van der Waals surface area contributed by atoms with E-state index in [0.717, 1.165) is 11.3 Å². The maximum atomic E-state index is 13.1. The molecule has 0 amide bonds. The van der Waals surface area contributed by atoms with Crippen LogP contribution >= 0.6 is 11.6 Å². The van der Waals surface area contributed by atoms with Crippen LogP contribution in [0.3, 0.4) is 0 Å². The van der Waals surface area contributed by atoms with Crippen LogP contribution in [0.15, 0.2) is 45.8 Å². The summed E-state index contributed by atoms with van der Waals surface area (Å²) < 4.78 is 44.5. The Morgan fingerprint density at radius 2 is 1.71 bits per heavy atom. The first-order valence-electron chi connectivity index (χ1n) is 8.24. The van der Waals surface area contributed by atoms with Crippen molar-refractivity contribution in [1.82, 2.24) is 5.16 Å². The second-order valence-electron chi connectivity index (χ2n) is 6.04. The predicted molar refractivity (Wildman–Crippen MR) is 107 cm³/mol. The first kappa shape index (κ1) is 20.0. The fourth-order valence-electron chi connectivity index (χ4n) is 2.67. The van der Waals surface area contributed by atoms with Gasteiger partial charge in [0.05, 0.1) is 25.6 Å². The van der Waals surface area contributed by atoms with E-state index in [1.807, 2.05) is 13.8 Å². The number of aromatic nitrogens is 1. The number of aryl methyl sites for hydroxylation is 1. The van der Waals surface area contributed by atoms with E-state index in [9.17, 15) is 8.42 Å². The monoisotopic (exact) mass is 422 g/mol. The maximum absolute atomic E-state index is 13.1. The van der Waals surface area contributed by atoms with Crippen molar-refractivity contribution in [3.05, 3.63) is 52.7 Å². The van der Waals surface area contributed by atoms with E-state index in [2.05, 4.69) is 9.88 Å². The van der Waals surface area contributed by atoms with Gasteiger partial charge in [-0.2, -0.15) is 0 Å². The molecule has 0 atom stereocenters. The van der Waals surface area contributed by atoms with Crippen molar-refractivity contribution in [2.24, 2.45) is 0 Å². The highest BCUT2D eigenvalue weighted by Gasteiger charge is 2.24. The number of sulfonamides is 1. The van der Waals surface area contributed by atoms with Crippen LogP contribution in [0.5, 0.6) is 11.5 Å². The van der Waals surface area contributed by atoms with Crippen LogP contribution in [-0.2, 0) is 10.0 Å². The lowest BCUT2D eigenvalue weighted by atomic mass is 10.1. The van der Waals surface area contributed by atoms with Crippen molar-refractivity contribution in [3.63, 3.8) is 0 Å². The zero-order valence-corrected chi connectivity index (χ0v) is 17.3. The minimum absolute atomic E-state index is 0.0528. The number of nitrogens with one attached hydrogen (secondary N) is 1. The van der Waals surface area contributed by atoms with Gasteiger partial charge in [-0.3, -0.25) is 4.72 Å². The summed E-state index contributed by atoms with van der Waals surface area (Å²) in [6, 6.07) is 9.41. The van der Waals surface area contributed by atoms with Gasteiger partial charge in [0.25, 0.3) is 10.0 Å². The number of rotatable bonds is 6. The molecule has 1 N–H and O–H groups in total. The number of halogens is 1. The predicted octanol–water partition coefficient (Wildman–Crippen LogP) is 4.43. The number of methoxy groups -OCH3 is 2. The Bertz CT molecular complexity index is 1130. The van der Waals surface area contributed by atoms with Crippen molar-refractivity contribution < 1.29 is 22.4 Å². The highest BCUT2D eigenvalue weighted by Crippen LogP contribution is 2.35. The quantitative estimate of drug-likeness (QED) is 0.631. The van der Waals surface area contributed by atoms with Gasteiger partial charge < -0.3 is 14.0 Å². The molecule has 0 saturated heterocycles. The molecule has 7 nitrogen and oxygen atoms in total. The van der Waals surface area contributed by atoms with Crippen molar-refractivity contribution in [3.8, 4) is 22.8 Å². The van der Waals surface area contributed by atoms with Gasteiger partial charge in [0.1, 0.15) is 16.4 Å². The fraction of sp³-hybridized carbons (Fsp3) is 0.211. The van der Waals surface area contributed by atoms with Crippen LogP contribution in [0.4, 0.5) is 5.69 Å². The normalized spacial score (nSPS) is 11.3. The molecule has 2 aromatic carbocycles. The maximum Gasteiger partial charge on any atom is 0.265 e. The minimum atomic E-state index is -4.02. The average molecular weight is 423 g/mol. The molecule has 0 saturated carbocycles. The third-order valence-corrected chi connectivity index (χ3v) is 5.90. The Balaban J connectivity index is 2.09. The molecule has 0 aliphatic rings. The van der Waals surface area contributed by atoms with Gasteiger partial charge in [-0.15, -0.1) is 0 Å². The molecule has 9 heteroatoms. The van der Waals surface area contributed by atoms with E-state index in [0.29, 0.717) is 22.1 Å². The second-order valence-corrected chi connectivity index (χ2v) is 8.13. The van der Waals surface area contributed by atoms with Gasteiger partial charge in [-0.1, -0.05) is 16.8 Å². The summed E-state index contributed by atoms with van der Waals surface area (Å²) in [6.07, 6.45) is 0. The van der Waals surface area contributed by atoms with E-state index in [-0.39, 0.29) is 16.3 Å². The van der Waals surface area contributed by atoms with Crippen LogP contribution in [0.2, 0.25) is 5.02 Å². The Morgan fingerprint density at radius 3 is 2.32 bits per heavy atom. The highest BCUT2D eigenvalue weighted by molar-refractivity contribution is 7.92. The van der Waals surface area contributed by atoms with Gasteiger partial charge in [-0.05, 0) is 50.2 Å². The SMILES string of the molecule is COc1ccc(Cl)cc1NS(=O)(=O)c1cc(-c2onc(C)c2C)ccc1OC. The summed E-state index contributed by atoms with van der Waals surface area (Å²) >= 11 is 6.00. The number of hydrogen-bond acceptors (Lipinski definition) is 6. The fourth-order valence-corrected chi connectivity index (χ4v) is 4.10. The summed E-state index contributed by atoms with van der Waals surface area (Å²) in [5.41, 5.74) is 2.35. The molecule has 28 heavy (non-hydrogen) atoms. The van der Waals surface area contributed by atoms with E-state index in [1.54, 1.807) is 24.3 Å². The standard InChI is InChI=1S/C19H19ClN2O5S/c1-11-12(2)21-27-19(11)13-5-7-17(26-4)18(9-13)28(23,24)22-15-10-14(20)6-8-16(15)25-3/h5-10,22H,1-4H3. The number of hydrogen-bond donors (Lipinski definition) is 1. The van der Waals surface area contributed by atoms with Crippen LogP contribution in [0.1, 0.15) is 11.3 Å². The molecule has 0 aliphatic heterocycles. The molecule has 0 bridgehead atoms. The first-order chi connectivity index (χ1) is 13.3. The Morgan fingerprint density at radius 1 is 1.04 bits per heavy atom. The molecule has 0 radical (unpaired) electrons. The van der Waals surface area contributed by atoms with Gasteiger partial charge in [0, 0.05) is 16.1 Å². The second kappa shape index (κ2) is 7.73. The van der Waals surface area contributed by atoms with Crippen molar-refractivity contribution in [2.75, 3.05) is 18.9 Å². The number of nitrogens with zero attached hydrogens (tertiary/aromatic N) is 1. The summed E-state index contributed by atoms with van der Waals surface area (Å²) in [5.74, 6) is 1.02. The topological polar surface area (TPSA) is 90.7 Å². The lowest BCUT2D eigenvalue weighted by molar-refractivity contribution is 0.402. The van der Waals surface area contributed by atoms with Gasteiger partial charge >= 0.3 is 0 Å². The molecule has 0 unspecified atom stereocenters. The molecule has 0 spiro atoms. The van der Waals surface area contributed by atoms with Gasteiger partial charge in [0.2, 0.25) is 0 Å². The third-order valence-electron chi connectivity index (χ3n) is 4.28. The molecular formula is C19H19ClN2O5S. The van der Waals surface area contributed by atoms with E-state index in [1.165, 1.54) is 26.4 Å². The van der Waals surface area contributed by atoms with Crippen molar-refractivity contribution in [1.29, 1.82) is 0 Å². The zero-order valence-electron chi connectivity index (χ0n) is 15.7. The Hall–Kier alpha value is -2.71. The van der Waals surface area contributed by atoms with E-state index >= 15 is 0 Å². The molecule has 3 rings (SSSR count). The van der Waals surface area contributed by atoms with Crippen LogP contribution in [0, 0.1) is 13.8 Å². The molecule has 3 aromatic rings. The number of benzene rings is 2. The summed E-state index contributed by atoms with van der Waals surface area (Å²) in [4.78, 5) is -0.0528. The lowest BCUT2D eigenvalue weighted by Gasteiger charge is -2.15. The van der Waals surface area contributed by atoms with E-state index < -0.39 is 10.0 Å². The number of anilines is 1. The Kier molecular flexibility index (Phi) is 5.53. The molecular weight excluding hydrogens is 404 g/mol. The van der Waals surface area contributed by atoms with E-state index in [4.69, 9.17) is 25.6 Å². The zero-order chi connectivity index (χ0) is 20.5. The van der Waals surface area contributed by atoms with Gasteiger partial charge in [0.15, 0.2) is 5.76 Å². The Labute approximate surface area is 168 Å². The van der Waals surface area contributed by atoms with Crippen LogP contribution in [0.25, 0.3) is 11.3 Å². The average Bonchev–Trinajstić information content (AvgIpc) is 3.00. The molecule has 1 heterocycles. The largest absolute Gasteiger partial charge is 0.495 e. The van der Waals surface area contributed by atoms with Crippen molar-refractivity contribution >= 4 is 27.3 Å². The molecule has 0 fully saturated rings. The minimum Gasteiger partial charge on any atom is -0.495 e. The molecule has 0 aliphatic carbocycles.